The number of esters is 1. The zero-order valence-corrected chi connectivity index (χ0v) is 11.9. The van der Waals surface area contributed by atoms with E-state index in [2.05, 4.69) is 15.4 Å². The van der Waals surface area contributed by atoms with Gasteiger partial charge < -0.3 is 25.6 Å². The SMILES string of the molecule is CNC(CCC(=O)NC(CCC(=O)OC)C(=O)O)C(=O)O. The quantitative estimate of drug-likeness (QED) is 0.375. The molecule has 0 aliphatic carbocycles. The summed E-state index contributed by atoms with van der Waals surface area (Å²) in [6, 6.07) is -2.09. The van der Waals surface area contributed by atoms with Gasteiger partial charge in [-0.2, -0.15) is 0 Å². The summed E-state index contributed by atoms with van der Waals surface area (Å²) < 4.78 is 4.39. The van der Waals surface area contributed by atoms with Crippen LogP contribution in [-0.2, 0) is 23.9 Å². The normalized spacial score (nSPS) is 13.0. The minimum atomic E-state index is -1.27. The fourth-order valence-corrected chi connectivity index (χ4v) is 1.55. The molecule has 1 amide bonds. The number of ether oxygens (including phenoxy) is 1. The molecule has 0 aromatic carbocycles. The number of carboxylic acid groups (broad SMARTS) is 2. The molecule has 2 unspecified atom stereocenters. The lowest BCUT2D eigenvalue weighted by molar-refractivity contribution is -0.144. The molecule has 0 heterocycles. The van der Waals surface area contributed by atoms with Crippen molar-refractivity contribution >= 4 is 23.8 Å². The molecule has 0 aromatic rings. The van der Waals surface area contributed by atoms with Gasteiger partial charge in [-0.1, -0.05) is 0 Å². The molecule has 9 nitrogen and oxygen atoms in total. The average Bonchev–Trinajstić information content (AvgIpc) is 2.42. The first-order valence-corrected chi connectivity index (χ1v) is 6.30. The second-order valence-electron chi connectivity index (χ2n) is 4.29. The average molecular weight is 304 g/mol. The number of hydrogen-bond donors (Lipinski definition) is 4. The van der Waals surface area contributed by atoms with Crippen LogP contribution in [0.4, 0.5) is 0 Å². The van der Waals surface area contributed by atoms with Gasteiger partial charge in [0, 0.05) is 12.8 Å². The molecule has 0 aliphatic rings. The summed E-state index contributed by atoms with van der Waals surface area (Å²) in [5, 5.41) is 22.5. The smallest absolute Gasteiger partial charge is 0.326 e. The monoisotopic (exact) mass is 304 g/mol. The van der Waals surface area contributed by atoms with Crippen LogP contribution in [0.25, 0.3) is 0 Å². The maximum Gasteiger partial charge on any atom is 0.326 e. The van der Waals surface area contributed by atoms with Crippen molar-refractivity contribution in [3.05, 3.63) is 0 Å². The Morgan fingerprint density at radius 2 is 1.52 bits per heavy atom. The van der Waals surface area contributed by atoms with Gasteiger partial charge in [-0.15, -0.1) is 0 Å². The second kappa shape index (κ2) is 9.70. The van der Waals surface area contributed by atoms with Gasteiger partial charge in [0.25, 0.3) is 0 Å². The van der Waals surface area contributed by atoms with Crippen molar-refractivity contribution in [2.24, 2.45) is 0 Å². The summed E-state index contributed by atoms with van der Waals surface area (Å²) in [5.41, 5.74) is 0. The lowest BCUT2D eigenvalue weighted by atomic mass is 10.1. The molecular formula is C12H20N2O7. The van der Waals surface area contributed by atoms with Crippen molar-refractivity contribution in [3.63, 3.8) is 0 Å². The highest BCUT2D eigenvalue weighted by atomic mass is 16.5. The Morgan fingerprint density at radius 1 is 1.00 bits per heavy atom. The van der Waals surface area contributed by atoms with Gasteiger partial charge >= 0.3 is 17.9 Å². The van der Waals surface area contributed by atoms with E-state index >= 15 is 0 Å². The van der Waals surface area contributed by atoms with Crippen LogP contribution < -0.4 is 10.6 Å². The summed E-state index contributed by atoms with van der Waals surface area (Å²) >= 11 is 0. The Labute approximate surface area is 121 Å². The number of methoxy groups -OCH3 is 1. The summed E-state index contributed by atoms with van der Waals surface area (Å²) in [6.07, 6.45) is -0.342. The number of likely N-dealkylation sites (N-methyl/N-ethyl adjacent to an activating group) is 1. The molecule has 0 aromatic heterocycles. The van der Waals surface area contributed by atoms with E-state index in [1.54, 1.807) is 0 Å². The van der Waals surface area contributed by atoms with E-state index in [9.17, 15) is 19.2 Å². The van der Waals surface area contributed by atoms with E-state index in [1.807, 2.05) is 0 Å². The molecule has 9 heteroatoms. The number of rotatable bonds is 10. The summed E-state index contributed by atoms with van der Waals surface area (Å²) in [6.45, 7) is 0. The predicted molar refractivity (Wildman–Crippen MR) is 70.5 cm³/mol. The van der Waals surface area contributed by atoms with Crippen molar-refractivity contribution in [3.8, 4) is 0 Å². The molecule has 0 aliphatic heterocycles. The number of nitrogens with one attached hydrogen (secondary N) is 2. The van der Waals surface area contributed by atoms with Crippen molar-refractivity contribution in [2.75, 3.05) is 14.2 Å². The zero-order chi connectivity index (χ0) is 16.4. The molecule has 4 N–H and O–H groups in total. The molecule has 0 rings (SSSR count). The molecule has 0 spiro atoms. The van der Waals surface area contributed by atoms with E-state index in [-0.39, 0.29) is 25.7 Å². The molecule has 21 heavy (non-hydrogen) atoms. The van der Waals surface area contributed by atoms with E-state index in [1.165, 1.54) is 14.2 Å². The number of aliphatic carboxylic acids is 2. The Kier molecular flexibility index (Phi) is 8.70. The highest BCUT2D eigenvalue weighted by molar-refractivity contribution is 5.84. The summed E-state index contributed by atoms with van der Waals surface area (Å²) in [5.74, 6) is -3.52. The van der Waals surface area contributed by atoms with Crippen LogP contribution in [0.15, 0.2) is 0 Å². The molecule has 0 fully saturated rings. The van der Waals surface area contributed by atoms with Gasteiger partial charge in [-0.05, 0) is 19.9 Å². The van der Waals surface area contributed by atoms with Crippen LogP contribution >= 0.6 is 0 Å². The lowest BCUT2D eigenvalue weighted by Crippen LogP contribution is -2.42. The third-order valence-corrected chi connectivity index (χ3v) is 2.80. The van der Waals surface area contributed by atoms with Gasteiger partial charge in [0.1, 0.15) is 12.1 Å². The van der Waals surface area contributed by atoms with E-state index in [4.69, 9.17) is 10.2 Å². The summed E-state index contributed by atoms with van der Waals surface area (Å²) in [7, 11) is 2.63. The first-order chi connectivity index (χ1) is 9.81. The minimum Gasteiger partial charge on any atom is -0.480 e. The lowest BCUT2D eigenvalue weighted by Gasteiger charge is -2.15. The highest BCUT2D eigenvalue weighted by Gasteiger charge is 2.22. The van der Waals surface area contributed by atoms with Crippen LogP contribution in [-0.4, -0.2) is 60.3 Å². The van der Waals surface area contributed by atoms with Gasteiger partial charge in [-0.25, -0.2) is 4.79 Å². The van der Waals surface area contributed by atoms with Crippen molar-refractivity contribution in [1.29, 1.82) is 0 Å². The molecule has 120 valence electrons. The predicted octanol–water partition coefficient (Wildman–Crippen LogP) is -1.04. The topological polar surface area (TPSA) is 142 Å². The Hall–Kier alpha value is -2.16. The first kappa shape index (κ1) is 18.8. The van der Waals surface area contributed by atoms with E-state index < -0.39 is 35.9 Å². The maximum absolute atomic E-state index is 11.6. The summed E-state index contributed by atoms with van der Waals surface area (Å²) in [4.78, 5) is 44.3. The molecule has 0 bridgehead atoms. The fraction of sp³-hybridized carbons (Fsp3) is 0.667. The van der Waals surface area contributed by atoms with Gasteiger partial charge in [-0.3, -0.25) is 14.4 Å². The van der Waals surface area contributed by atoms with Gasteiger partial charge in [0.05, 0.1) is 7.11 Å². The standard InChI is InChI=1S/C12H20N2O7/c1-13-7(11(17)18)3-5-9(15)14-8(12(19)20)4-6-10(16)21-2/h7-8,13H,3-6H2,1-2H3,(H,14,15)(H,17,18)(H,19,20). The van der Waals surface area contributed by atoms with Crippen molar-refractivity contribution < 1.29 is 34.1 Å². The van der Waals surface area contributed by atoms with E-state index in [0.29, 0.717) is 0 Å². The van der Waals surface area contributed by atoms with Crippen LogP contribution in [0.1, 0.15) is 25.7 Å². The van der Waals surface area contributed by atoms with Crippen LogP contribution in [0.5, 0.6) is 0 Å². The fourth-order valence-electron chi connectivity index (χ4n) is 1.55. The largest absolute Gasteiger partial charge is 0.480 e. The highest BCUT2D eigenvalue weighted by Crippen LogP contribution is 2.02. The minimum absolute atomic E-state index is 0.0288. The second-order valence-corrected chi connectivity index (χ2v) is 4.29. The van der Waals surface area contributed by atoms with E-state index in [0.717, 1.165) is 0 Å². The molecule has 0 saturated heterocycles. The molecular weight excluding hydrogens is 284 g/mol. The van der Waals surface area contributed by atoms with Gasteiger partial charge in [0.15, 0.2) is 0 Å². The number of hydrogen-bond acceptors (Lipinski definition) is 6. The molecule has 0 radical (unpaired) electrons. The number of carbonyl (C=O) groups is 4. The van der Waals surface area contributed by atoms with Crippen molar-refractivity contribution in [1.82, 2.24) is 10.6 Å². The third-order valence-electron chi connectivity index (χ3n) is 2.80. The van der Waals surface area contributed by atoms with Crippen molar-refractivity contribution in [2.45, 2.75) is 37.8 Å². The van der Waals surface area contributed by atoms with Crippen LogP contribution in [0, 0.1) is 0 Å². The molecule has 2 atom stereocenters. The van der Waals surface area contributed by atoms with Crippen LogP contribution in [0.2, 0.25) is 0 Å². The maximum atomic E-state index is 11.6. The number of carbonyl (C=O) groups excluding carboxylic acids is 2. The van der Waals surface area contributed by atoms with Crippen LogP contribution in [0.3, 0.4) is 0 Å². The molecule has 0 saturated carbocycles. The third kappa shape index (κ3) is 7.88. The number of carboxylic acids is 2. The zero-order valence-electron chi connectivity index (χ0n) is 11.9. The Morgan fingerprint density at radius 3 is 1.95 bits per heavy atom. The Bertz CT molecular complexity index is 397. The van der Waals surface area contributed by atoms with Gasteiger partial charge in [0.2, 0.25) is 5.91 Å². The Balaban J connectivity index is 4.32. The number of amides is 1. The first-order valence-electron chi connectivity index (χ1n) is 6.30.